The third kappa shape index (κ3) is 4.46. The first-order valence-electron chi connectivity index (χ1n) is 6.39. The van der Waals surface area contributed by atoms with E-state index in [0.717, 1.165) is 11.1 Å². The lowest BCUT2D eigenvalue weighted by Crippen LogP contribution is -2.23. The van der Waals surface area contributed by atoms with Crippen LogP contribution in [0.1, 0.15) is 17.5 Å². The van der Waals surface area contributed by atoms with E-state index >= 15 is 0 Å². The summed E-state index contributed by atoms with van der Waals surface area (Å²) in [6.45, 7) is 0.306. The molecule has 2 aromatic carbocycles. The van der Waals surface area contributed by atoms with Crippen molar-refractivity contribution in [3.05, 3.63) is 71.3 Å². The largest absolute Gasteiger partial charge is 0.352 e. The van der Waals surface area contributed by atoms with Crippen molar-refractivity contribution in [2.45, 2.75) is 19.4 Å². The number of amides is 1. The maximum atomic E-state index is 13.0. The molecule has 2 aromatic rings. The van der Waals surface area contributed by atoms with E-state index in [1.165, 1.54) is 24.3 Å². The molecule has 2 nitrogen and oxygen atoms in total. The molecule has 104 valence electrons. The lowest BCUT2D eigenvalue weighted by atomic mass is 10.1. The Labute approximate surface area is 116 Å². The van der Waals surface area contributed by atoms with Crippen LogP contribution in [0.25, 0.3) is 0 Å². The molecule has 0 spiro atoms. The van der Waals surface area contributed by atoms with Crippen LogP contribution >= 0.6 is 0 Å². The molecular weight excluding hydrogens is 260 g/mol. The summed E-state index contributed by atoms with van der Waals surface area (Å²) in [6.07, 6.45) is 0.871. The lowest BCUT2D eigenvalue weighted by Gasteiger charge is -2.06. The van der Waals surface area contributed by atoms with Crippen molar-refractivity contribution in [1.29, 1.82) is 0 Å². The van der Waals surface area contributed by atoms with Crippen LogP contribution in [0.2, 0.25) is 0 Å². The van der Waals surface area contributed by atoms with E-state index in [-0.39, 0.29) is 17.5 Å². The number of carbonyl (C=O) groups is 1. The first-order valence-corrected chi connectivity index (χ1v) is 6.39. The Hall–Kier alpha value is -2.23. The third-order valence-corrected chi connectivity index (χ3v) is 2.93. The summed E-state index contributed by atoms with van der Waals surface area (Å²) < 4.78 is 25.7. The average molecular weight is 275 g/mol. The predicted molar refractivity (Wildman–Crippen MR) is 73.0 cm³/mol. The Bertz CT molecular complexity index is 581. The Kier molecular flexibility index (Phi) is 4.82. The van der Waals surface area contributed by atoms with E-state index in [1.54, 1.807) is 24.3 Å². The zero-order valence-corrected chi connectivity index (χ0v) is 10.9. The number of halogens is 2. The van der Waals surface area contributed by atoms with Gasteiger partial charge in [-0.25, -0.2) is 8.78 Å². The fourth-order valence-electron chi connectivity index (χ4n) is 1.84. The molecule has 4 heteroatoms. The summed E-state index contributed by atoms with van der Waals surface area (Å²) in [7, 11) is 0. The van der Waals surface area contributed by atoms with Crippen LogP contribution in [0, 0.1) is 11.6 Å². The van der Waals surface area contributed by atoms with Gasteiger partial charge >= 0.3 is 0 Å². The van der Waals surface area contributed by atoms with Gasteiger partial charge in [0.1, 0.15) is 11.6 Å². The number of aryl methyl sites for hydroxylation is 1. The summed E-state index contributed by atoms with van der Waals surface area (Å²) in [6, 6.07) is 12.2. The van der Waals surface area contributed by atoms with Gasteiger partial charge in [0, 0.05) is 13.0 Å². The third-order valence-electron chi connectivity index (χ3n) is 2.93. The molecule has 20 heavy (non-hydrogen) atoms. The number of hydrogen-bond acceptors (Lipinski definition) is 1. The van der Waals surface area contributed by atoms with E-state index < -0.39 is 0 Å². The number of carbonyl (C=O) groups excluding carboxylic acids is 1. The second-order valence-corrected chi connectivity index (χ2v) is 4.53. The highest BCUT2D eigenvalue weighted by Crippen LogP contribution is 2.06. The first kappa shape index (κ1) is 14.2. The Morgan fingerprint density at radius 3 is 2.40 bits per heavy atom. The summed E-state index contributed by atoms with van der Waals surface area (Å²) >= 11 is 0. The number of hydrogen-bond donors (Lipinski definition) is 1. The highest BCUT2D eigenvalue weighted by atomic mass is 19.1. The molecule has 0 aliphatic carbocycles. The van der Waals surface area contributed by atoms with Crippen molar-refractivity contribution >= 4 is 5.91 Å². The Morgan fingerprint density at radius 1 is 0.950 bits per heavy atom. The van der Waals surface area contributed by atoms with Gasteiger partial charge in [0.25, 0.3) is 0 Å². The van der Waals surface area contributed by atoms with Gasteiger partial charge in [0.2, 0.25) is 5.91 Å². The van der Waals surface area contributed by atoms with E-state index in [9.17, 15) is 13.6 Å². The van der Waals surface area contributed by atoms with Crippen LogP contribution in [-0.4, -0.2) is 5.91 Å². The van der Waals surface area contributed by atoms with E-state index in [2.05, 4.69) is 5.32 Å². The molecule has 1 N–H and O–H groups in total. The zero-order valence-electron chi connectivity index (χ0n) is 10.9. The molecule has 0 saturated carbocycles. The Balaban J connectivity index is 1.77. The van der Waals surface area contributed by atoms with Crippen LogP contribution < -0.4 is 5.32 Å². The summed E-state index contributed by atoms with van der Waals surface area (Å²) in [5, 5.41) is 2.73. The molecule has 0 bridgehead atoms. The van der Waals surface area contributed by atoms with Gasteiger partial charge in [-0.2, -0.15) is 0 Å². The maximum Gasteiger partial charge on any atom is 0.220 e. The van der Waals surface area contributed by atoms with E-state index in [4.69, 9.17) is 0 Å². The monoisotopic (exact) mass is 275 g/mol. The Morgan fingerprint density at radius 2 is 1.70 bits per heavy atom. The van der Waals surface area contributed by atoms with Crippen molar-refractivity contribution < 1.29 is 13.6 Å². The van der Waals surface area contributed by atoms with E-state index in [1.807, 2.05) is 0 Å². The highest BCUT2D eigenvalue weighted by Gasteiger charge is 2.03. The quantitative estimate of drug-likeness (QED) is 0.892. The van der Waals surface area contributed by atoms with Crippen LogP contribution in [0.3, 0.4) is 0 Å². The van der Waals surface area contributed by atoms with Gasteiger partial charge in [0.05, 0.1) is 0 Å². The molecule has 0 radical (unpaired) electrons. The topological polar surface area (TPSA) is 29.1 Å². The van der Waals surface area contributed by atoms with Gasteiger partial charge in [-0.3, -0.25) is 4.79 Å². The van der Waals surface area contributed by atoms with Gasteiger partial charge in [-0.1, -0.05) is 24.3 Å². The van der Waals surface area contributed by atoms with E-state index in [0.29, 0.717) is 19.4 Å². The summed E-state index contributed by atoms with van der Waals surface area (Å²) in [5.41, 5.74) is 1.63. The minimum atomic E-state index is -0.317. The van der Waals surface area contributed by atoms with Crippen LogP contribution in [0.15, 0.2) is 48.5 Å². The van der Waals surface area contributed by atoms with Gasteiger partial charge in [-0.05, 0) is 41.8 Å². The van der Waals surface area contributed by atoms with Crippen molar-refractivity contribution in [1.82, 2.24) is 5.32 Å². The van der Waals surface area contributed by atoms with Crippen molar-refractivity contribution in [2.24, 2.45) is 0 Å². The summed E-state index contributed by atoms with van der Waals surface area (Å²) in [5.74, 6) is -0.717. The van der Waals surface area contributed by atoms with Crippen LogP contribution in [0.4, 0.5) is 8.78 Å². The van der Waals surface area contributed by atoms with Crippen LogP contribution in [-0.2, 0) is 17.8 Å². The number of rotatable bonds is 5. The normalized spacial score (nSPS) is 10.3. The van der Waals surface area contributed by atoms with Gasteiger partial charge in [-0.15, -0.1) is 0 Å². The molecule has 0 aliphatic heterocycles. The molecule has 0 saturated heterocycles. The van der Waals surface area contributed by atoms with Crippen molar-refractivity contribution in [2.75, 3.05) is 0 Å². The fourth-order valence-corrected chi connectivity index (χ4v) is 1.84. The number of nitrogens with one attached hydrogen (secondary N) is 1. The smallest absolute Gasteiger partial charge is 0.220 e. The highest BCUT2D eigenvalue weighted by molar-refractivity contribution is 5.76. The summed E-state index contributed by atoms with van der Waals surface area (Å²) in [4.78, 5) is 11.7. The standard InChI is InChI=1S/C16H15F2NO/c17-14-7-4-12(5-8-14)6-9-16(20)19-11-13-2-1-3-15(18)10-13/h1-5,7-8,10H,6,9,11H2,(H,19,20). The van der Waals surface area contributed by atoms with Gasteiger partial charge < -0.3 is 5.32 Å². The number of benzene rings is 2. The second-order valence-electron chi connectivity index (χ2n) is 4.53. The zero-order chi connectivity index (χ0) is 14.4. The maximum absolute atomic E-state index is 13.0. The first-order chi connectivity index (χ1) is 9.63. The SMILES string of the molecule is O=C(CCc1ccc(F)cc1)NCc1cccc(F)c1. The molecular formula is C16H15F2NO. The molecule has 0 fully saturated rings. The molecule has 1 amide bonds. The molecule has 0 atom stereocenters. The average Bonchev–Trinajstić information content (AvgIpc) is 2.45. The molecule has 0 heterocycles. The second kappa shape index (κ2) is 6.80. The molecule has 2 rings (SSSR count). The fraction of sp³-hybridized carbons (Fsp3) is 0.188. The minimum Gasteiger partial charge on any atom is -0.352 e. The molecule has 0 unspecified atom stereocenters. The lowest BCUT2D eigenvalue weighted by molar-refractivity contribution is -0.121. The van der Waals surface area contributed by atoms with Crippen molar-refractivity contribution in [3.8, 4) is 0 Å². The van der Waals surface area contributed by atoms with Crippen molar-refractivity contribution in [3.63, 3.8) is 0 Å². The van der Waals surface area contributed by atoms with Crippen LogP contribution in [0.5, 0.6) is 0 Å². The predicted octanol–water partition coefficient (Wildman–Crippen LogP) is 3.21. The minimum absolute atomic E-state index is 0.112. The molecule has 0 aliphatic rings. The molecule has 0 aromatic heterocycles. The van der Waals surface area contributed by atoms with Gasteiger partial charge in [0.15, 0.2) is 0 Å².